The number of fused-ring (bicyclic) bond motifs is 1. The van der Waals surface area contributed by atoms with Crippen LogP contribution in [0, 0.1) is 0 Å². The average molecular weight is 411 g/mol. The second-order valence-corrected chi connectivity index (χ2v) is 7.74. The van der Waals surface area contributed by atoms with Crippen LogP contribution in [0.15, 0.2) is 48.5 Å². The smallest absolute Gasteiger partial charge is 0.489 e. The van der Waals surface area contributed by atoms with Gasteiger partial charge in [0.25, 0.3) is 0 Å². The van der Waals surface area contributed by atoms with Crippen LogP contribution in [0.25, 0.3) is 5.57 Å². The van der Waals surface area contributed by atoms with Gasteiger partial charge in [-0.25, -0.2) is 4.79 Å². The van der Waals surface area contributed by atoms with Gasteiger partial charge in [-0.3, -0.25) is 9.29 Å². The van der Waals surface area contributed by atoms with Crippen molar-refractivity contribution in [1.29, 1.82) is 0 Å². The molecule has 6 heteroatoms. The van der Waals surface area contributed by atoms with Crippen molar-refractivity contribution in [3.8, 4) is 11.5 Å². The summed E-state index contributed by atoms with van der Waals surface area (Å²) in [4.78, 5) is 13.1. The number of allylic oxidation sites excluding steroid dienone is 1. The standard InChI is InChI=1S/C24H26FNO4/c25-12-2-13-26-14-11-21(16-26)29-19-8-5-18(6-9-19)22-4-1-3-17-7-10-20(15-23(17)22)30-24(27)28/h4-10,15,21H,1-3,11-14,16H2,(H,27,28). The third-order valence-corrected chi connectivity index (χ3v) is 5.64. The molecular formula is C24H26FNO4. The Kier molecular flexibility index (Phi) is 6.33. The highest BCUT2D eigenvalue weighted by Crippen LogP contribution is 2.35. The molecule has 2 aromatic carbocycles. The average Bonchev–Trinajstić information content (AvgIpc) is 3.19. The van der Waals surface area contributed by atoms with Crippen LogP contribution in [0.3, 0.4) is 0 Å². The molecule has 5 nitrogen and oxygen atoms in total. The number of carboxylic acid groups (broad SMARTS) is 1. The van der Waals surface area contributed by atoms with Crippen molar-refractivity contribution in [2.24, 2.45) is 0 Å². The maximum Gasteiger partial charge on any atom is 0.511 e. The van der Waals surface area contributed by atoms with E-state index in [4.69, 9.17) is 14.6 Å². The van der Waals surface area contributed by atoms with Crippen molar-refractivity contribution < 1.29 is 23.8 Å². The Labute approximate surface area is 175 Å². The topological polar surface area (TPSA) is 59.0 Å². The molecule has 1 fully saturated rings. The molecule has 1 unspecified atom stereocenters. The summed E-state index contributed by atoms with van der Waals surface area (Å²) < 4.78 is 23.3. The van der Waals surface area contributed by atoms with E-state index < -0.39 is 6.16 Å². The lowest BCUT2D eigenvalue weighted by Gasteiger charge is -2.20. The molecule has 30 heavy (non-hydrogen) atoms. The van der Waals surface area contributed by atoms with E-state index >= 15 is 0 Å². The number of benzene rings is 2. The van der Waals surface area contributed by atoms with E-state index in [2.05, 4.69) is 11.0 Å². The number of carbonyl (C=O) groups is 1. The quantitative estimate of drug-likeness (QED) is 0.517. The van der Waals surface area contributed by atoms with Crippen LogP contribution in [0.5, 0.6) is 11.5 Å². The Morgan fingerprint density at radius 1 is 1.17 bits per heavy atom. The Balaban J connectivity index is 1.45. The predicted octanol–water partition coefficient (Wildman–Crippen LogP) is 4.93. The van der Waals surface area contributed by atoms with Gasteiger partial charge >= 0.3 is 6.16 Å². The van der Waals surface area contributed by atoms with E-state index in [1.54, 1.807) is 12.1 Å². The number of rotatable bonds is 7. The van der Waals surface area contributed by atoms with Gasteiger partial charge in [-0.2, -0.15) is 0 Å². The minimum Gasteiger partial charge on any atom is -0.489 e. The lowest BCUT2D eigenvalue weighted by molar-refractivity contribution is 0.144. The number of likely N-dealkylation sites (tertiary alicyclic amines) is 1. The first kappa shape index (κ1) is 20.4. The molecule has 0 saturated carbocycles. The zero-order valence-electron chi connectivity index (χ0n) is 16.9. The first-order valence-electron chi connectivity index (χ1n) is 10.4. The molecule has 1 N–H and O–H groups in total. The largest absolute Gasteiger partial charge is 0.511 e. The van der Waals surface area contributed by atoms with Crippen molar-refractivity contribution in [1.82, 2.24) is 4.90 Å². The normalized spacial score (nSPS) is 18.6. The van der Waals surface area contributed by atoms with Gasteiger partial charge in [0.2, 0.25) is 0 Å². The minimum atomic E-state index is -1.31. The van der Waals surface area contributed by atoms with Gasteiger partial charge in [0, 0.05) is 19.6 Å². The summed E-state index contributed by atoms with van der Waals surface area (Å²) >= 11 is 0. The van der Waals surface area contributed by atoms with Crippen molar-refractivity contribution in [3.05, 3.63) is 65.2 Å². The number of nitrogens with zero attached hydrogens (tertiary/aromatic N) is 1. The summed E-state index contributed by atoms with van der Waals surface area (Å²) in [5.41, 5.74) is 4.33. The highest BCUT2D eigenvalue weighted by atomic mass is 19.1. The molecule has 0 spiro atoms. The van der Waals surface area contributed by atoms with E-state index in [0.717, 1.165) is 61.3 Å². The molecule has 2 aromatic rings. The van der Waals surface area contributed by atoms with Crippen molar-refractivity contribution in [2.75, 3.05) is 26.3 Å². The zero-order chi connectivity index (χ0) is 20.9. The molecule has 1 aliphatic carbocycles. The Morgan fingerprint density at radius 3 is 2.73 bits per heavy atom. The lowest BCUT2D eigenvalue weighted by Crippen LogP contribution is -2.26. The van der Waals surface area contributed by atoms with Crippen LogP contribution < -0.4 is 9.47 Å². The highest BCUT2D eigenvalue weighted by Gasteiger charge is 2.23. The van der Waals surface area contributed by atoms with Crippen molar-refractivity contribution in [2.45, 2.75) is 31.8 Å². The van der Waals surface area contributed by atoms with Gasteiger partial charge < -0.3 is 14.6 Å². The van der Waals surface area contributed by atoms with Crippen LogP contribution in [0.4, 0.5) is 9.18 Å². The van der Waals surface area contributed by atoms with Crippen LogP contribution in [-0.2, 0) is 6.42 Å². The molecule has 0 amide bonds. The molecule has 1 atom stereocenters. The summed E-state index contributed by atoms with van der Waals surface area (Å²) in [6, 6.07) is 13.5. The maximum atomic E-state index is 12.4. The number of halogens is 1. The van der Waals surface area contributed by atoms with Gasteiger partial charge in [0.1, 0.15) is 17.6 Å². The Morgan fingerprint density at radius 2 is 1.97 bits per heavy atom. The molecule has 0 aromatic heterocycles. The number of hydrogen-bond donors (Lipinski definition) is 1. The summed E-state index contributed by atoms with van der Waals surface area (Å²) in [7, 11) is 0. The second-order valence-electron chi connectivity index (χ2n) is 7.74. The summed E-state index contributed by atoms with van der Waals surface area (Å²) in [5.74, 6) is 1.16. The van der Waals surface area contributed by atoms with E-state index in [0.29, 0.717) is 12.2 Å². The van der Waals surface area contributed by atoms with Crippen molar-refractivity contribution >= 4 is 11.7 Å². The van der Waals surface area contributed by atoms with Gasteiger partial charge in [-0.05, 0) is 72.2 Å². The molecule has 1 heterocycles. The lowest BCUT2D eigenvalue weighted by atomic mass is 9.87. The zero-order valence-corrected chi connectivity index (χ0v) is 16.9. The van der Waals surface area contributed by atoms with Crippen LogP contribution >= 0.6 is 0 Å². The van der Waals surface area contributed by atoms with E-state index in [1.165, 1.54) is 5.56 Å². The maximum absolute atomic E-state index is 12.4. The Bertz CT molecular complexity index is 925. The van der Waals surface area contributed by atoms with Crippen LogP contribution in [0.1, 0.15) is 36.0 Å². The summed E-state index contributed by atoms with van der Waals surface area (Å²) in [6.45, 7) is 2.31. The molecule has 4 rings (SSSR count). The van der Waals surface area contributed by atoms with Gasteiger partial charge in [-0.1, -0.05) is 24.3 Å². The highest BCUT2D eigenvalue weighted by molar-refractivity contribution is 5.83. The molecule has 2 aliphatic rings. The van der Waals surface area contributed by atoms with Gasteiger partial charge in [0.15, 0.2) is 0 Å². The second kappa shape index (κ2) is 9.30. The fourth-order valence-corrected chi connectivity index (χ4v) is 4.23. The number of hydrogen-bond acceptors (Lipinski definition) is 4. The third-order valence-electron chi connectivity index (χ3n) is 5.64. The van der Waals surface area contributed by atoms with Crippen LogP contribution in [0.2, 0.25) is 0 Å². The van der Waals surface area contributed by atoms with Crippen LogP contribution in [-0.4, -0.2) is 48.6 Å². The van der Waals surface area contributed by atoms with E-state index in [1.807, 2.05) is 30.3 Å². The predicted molar refractivity (Wildman–Crippen MR) is 113 cm³/mol. The molecular weight excluding hydrogens is 385 g/mol. The third kappa shape index (κ3) is 4.82. The molecule has 0 radical (unpaired) electrons. The summed E-state index contributed by atoms with van der Waals surface area (Å²) in [6.07, 6.45) is 4.41. The Hall–Kier alpha value is -2.86. The van der Waals surface area contributed by atoms with Gasteiger partial charge in [-0.15, -0.1) is 0 Å². The first-order valence-corrected chi connectivity index (χ1v) is 10.4. The molecule has 0 bridgehead atoms. The number of ether oxygens (including phenoxy) is 2. The summed E-state index contributed by atoms with van der Waals surface area (Å²) in [5, 5.41) is 8.89. The fourth-order valence-electron chi connectivity index (χ4n) is 4.23. The van der Waals surface area contributed by atoms with Gasteiger partial charge in [0.05, 0.1) is 6.67 Å². The van der Waals surface area contributed by atoms with E-state index in [9.17, 15) is 9.18 Å². The molecule has 158 valence electrons. The SMILES string of the molecule is O=C(O)Oc1ccc2c(c1)C(c1ccc(OC3CCN(CCCF)C3)cc1)=CCC2. The molecule has 1 saturated heterocycles. The molecule has 1 aliphatic heterocycles. The van der Waals surface area contributed by atoms with E-state index in [-0.39, 0.29) is 12.8 Å². The fraction of sp³-hybridized carbons (Fsp3) is 0.375. The number of aryl methyl sites for hydroxylation is 1. The minimum absolute atomic E-state index is 0.140. The monoisotopic (exact) mass is 411 g/mol. The van der Waals surface area contributed by atoms with Crippen molar-refractivity contribution in [3.63, 3.8) is 0 Å². The number of alkyl halides is 1. The first-order chi connectivity index (χ1) is 14.6.